The first-order valence-electron chi connectivity index (χ1n) is 9.78. The van der Waals surface area contributed by atoms with E-state index in [1.165, 1.54) is 53.5 Å². The highest BCUT2D eigenvalue weighted by atomic mass is 16.5. The Bertz CT molecular complexity index is 628. The van der Waals surface area contributed by atoms with Crippen molar-refractivity contribution in [3.63, 3.8) is 0 Å². The van der Waals surface area contributed by atoms with Crippen LogP contribution < -0.4 is 4.74 Å². The number of hydrogen-bond acceptors (Lipinski definition) is 1. The van der Waals surface area contributed by atoms with Crippen LogP contribution in [0.2, 0.25) is 0 Å². The Labute approximate surface area is 155 Å². The molecular weight excluding hydrogens is 304 g/mol. The van der Waals surface area contributed by atoms with Crippen molar-refractivity contribution in [3.8, 4) is 5.75 Å². The Morgan fingerprint density at radius 2 is 1.56 bits per heavy atom. The summed E-state index contributed by atoms with van der Waals surface area (Å²) in [5, 5.41) is 0. The topological polar surface area (TPSA) is 9.23 Å². The summed E-state index contributed by atoms with van der Waals surface area (Å²) >= 11 is 0. The molecule has 0 aromatic heterocycles. The average Bonchev–Trinajstić information content (AvgIpc) is 2.60. The van der Waals surface area contributed by atoms with Crippen LogP contribution in [0.1, 0.15) is 67.9 Å². The predicted octanol–water partition coefficient (Wildman–Crippen LogP) is 6.86. The van der Waals surface area contributed by atoms with Crippen molar-refractivity contribution in [1.82, 2.24) is 0 Å². The molecule has 138 valence electrons. The zero-order valence-corrected chi connectivity index (χ0v) is 17.1. The standard InChI is InChI=1S/C21H28O.C3H8/c1-5-6-9-18-10-7-8-17(3)20(18)13-12-19-15-16(2)11-14-21(19)22-4;1-3-2/h7-8,10-11,14-15H,5-6,9,12-13H2,1-4H3;3H2,1-2H3. The molecule has 1 nitrogen and oxygen atoms in total. The summed E-state index contributed by atoms with van der Waals surface area (Å²) in [4.78, 5) is 0. The maximum atomic E-state index is 5.51. The van der Waals surface area contributed by atoms with Gasteiger partial charge in [0.1, 0.15) is 5.75 Å². The molecule has 1 heteroatoms. The molecule has 2 aromatic rings. The maximum Gasteiger partial charge on any atom is 0.122 e. The molecule has 0 fully saturated rings. The number of rotatable bonds is 7. The minimum absolute atomic E-state index is 1.01. The molecule has 0 aliphatic rings. The molecule has 0 unspecified atom stereocenters. The Morgan fingerprint density at radius 3 is 2.20 bits per heavy atom. The van der Waals surface area contributed by atoms with Gasteiger partial charge in [0.2, 0.25) is 0 Å². The van der Waals surface area contributed by atoms with Gasteiger partial charge in [-0.3, -0.25) is 0 Å². The first-order chi connectivity index (χ1) is 12.1. The Balaban J connectivity index is 0.000000970. The van der Waals surface area contributed by atoms with E-state index in [4.69, 9.17) is 4.74 Å². The van der Waals surface area contributed by atoms with E-state index >= 15 is 0 Å². The van der Waals surface area contributed by atoms with Crippen LogP contribution in [0.25, 0.3) is 0 Å². The number of ether oxygens (including phenoxy) is 1. The number of aryl methyl sites for hydroxylation is 4. The summed E-state index contributed by atoms with van der Waals surface area (Å²) in [5.74, 6) is 1.01. The number of hydrogen-bond donors (Lipinski definition) is 0. The summed E-state index contributed by atoms with van der Waals surface area (Å²) < 4.78 is 5.51. The first-order valence-corrected chi connectivity index (χ1v) is 9.78. The lowest BCUT2D eigenvalue weighted by atomic mass is 9.92. The van der Waals surface area contributed by atoms with E-state index in [2.05, 4.69) is 71.0 Å². The van der Waals surface area contributed by atoms with Crippen molar-refractivity contribution < 1.29 is 4.74 Å². The second kappa shape index (κ2) is 11.7. The summed E-state index contributed by atoms with van der Waals surface area (Å²) in [6.07, 6.45) is 7.09. The van der Waals surface area contributed by atoms with Crippen LogP contribution in [-0.4, -0.2) is 7.11 Å². The second-order valence-electron chi connectivity index (χ2n) is 6.84. The van der Waals surface area contributed by atoms with E-state index in [-0.39, 0.29) is 0 Å². The van der Waals surface area contributed by atoms with Crippen molar-refractivity contribution in [2.75, 3.05) is 7.11 Å². The van der Waals surface area contributed by atoms with Gasteiger partial charge in [0, 0.05) is 0 Å². The molecule has 0 amide bonds. The Kier molecular flexibility index (Phi) is 9.99. The fourth-order valence-electron chi connectivity index (χ4n) is 3.08. The molecule has 0 saturated carbocycles. The highest BCUT2D eigenvalue weighted by Crippen LogP contribution is 2.24. The first kappa shape index (κ1) is 21.3. The van der Waals surface area contributed by atoms with Crippen molar-refractivity contribution in [2.24, 2.45) is 0 Å². The fourth-order valence-corrected chi connectivity index (χ4v) is 3.08. The van der Waals surface area contributed by atoms with Crippen LogP contribution in [0.5, 0.6) is 5.75 Å². The van der Waals surface area contributed by atoms with Gasteiger partial charge < -0.3 is 4.74 Å². The van der Waals surface area contributed by atoms with Crippen LogP contribution in [0, 0.1) is 13.8 Å². The monoisotopic (exact) mass is 340 g/mol. The number of unbranched alkanes of at least 4 members (excludes halogenated alkanes) is 1. The molecule has 0 spiro atoms. The van der Waals surface area contributed by atoms with Gasteiger partial charge in [-0.2, -0.15) is 0 Å². The lowest BCUT2D eigenvalue weighted by molar-refractivity contribution is 0.409. The third-order valence-corrected chi connectivity index (χ3v) is 4.39. The zero-order chi connectivity index (χ0) is 18.7. The lowest BCUT2D eigenvalue weighted by Gasteiger charge is -2.14. The van der Waals surface area contributed by atoms with Crippen LogP contribution in [-0.2, 0) is 19.3 Å². The highest BCUT2D eigenvalue weighted by molar-refractivity contribution is 5.40. The molecule has 0 atom stereocenters. The lowest BCUT2D eigenvalue weighted by Crippen LogP contribution is -2.02. The third kappa shape index (κ3) is 6.94. The molecule has 0 aliphatic heterocycles. The predicted molar refractivity (Wildman–Crippen MR) is 111 cm³/mol. The van der Waals surface area contributed by atoms with Gasteiger partial charge in [-0.05, 0) is 67.9 Å². The molecule has 0 saturated heterocycles. The molecular formula is C24H36O. The van der Waals surface area contributed by atoms with Crippen LogP contribution >= 0.6 is 0 Å². The normalized spacial score (nSPS) is 10.2. The minimum Gasteiger partial charge on any atom is -0.496 e. The van der Waals surface area contributed by atoms with Gasteiger partial charge in [-0.25, -0.2) is 0 Å². The van der Waals surface area contributed by atoms with E-state index in [9.17, 15) is 0 Å². The van der Waals surface area contributed by atoms with Crippen molar-refractivity contribution in [3.05, 3.63) is 64.2 Å². The molecule has 25 heavy (non-hydrogen) atoms. The van der Waals surface area contributed by atoms with Crippen LogP contribution in [0.3, 0.4) is 0 Å². The number of methoxy groups -OCH3 is 1. The van der Waals surface area contributed by atoms with Crippen molar-refractivity contribution >= 4 is 0 Å². The van der Waals surface area contributed by atoms with Crippen molar-refractivity contribution in [2.45, 2.75) is 73.1 Å². The molecule has 0 heterocycles. The Hall–Kier alpha value is -1.76. The number of benzene rings is 2. The summed E-state index contributed by atoms with van der Waals surface area (Å²) in [6, 6.07) is 13.2. The molecule has 0 N–H and O–H groups in total. The smallest absolute Gasteiger partial charge is 0.122 e. The minimum atomic E-state index is 1.01. The van der Waals surface area contributed by atoms with E-state index in [0.717, 1.165) is 18.6 Å². The summed E-state index contributed by atoms with van der Waals surface area (Å²) in [7, 11) is 1.76. The highest BCUT2D eigenvalue weighted by Gasteiger charge is 2.08. The van der Waals surface area contributed by atoms with Gasteiger partial charge in [-0.15, -0.1) is 0 Å². The van der Waals surface area contributed by atoms with E-state index in [0.29, 0.717) is 0 Å². The van der Waals surface area contributed by atoms with E-state index in [1.54, 1.807) is 7.11 Å². The van der Waals surface area contributed by atoms with Crippen molar-refractivity contribution in [1.29, 1.82) is 0 Å². The molecule has 0 radical (unpaired) electrons. The van der Waals surface area contributed by atoms with Gasteiger partial charge in [0.15, 0.2) is 0 Å². The maximum absolute atomic E-state index is 5.51. The van der Waals surface area contributed by atoms with Crippen LogP contribution in [0.4, 0.5) is 0 Å². The second-order valence-corrected chi connectivity index (χ2v) is 6.84. The molecule has 2 rings (SSSR count). The van der Waals surface area contributed by atoms with Gasteiger partial charge in [0.05, 0.1) is 7.11 Å². The van der Waals surface area contributed by atoms with E-state index < -0.39 is 0 Å². The molecule has 0 bridgehead atoms. The molecule has 2 aromatic carbocycles. The summed E-state index contributed by atoms with van der Waals surface area (Å²) in [5.41, 5.74) is 7.08. The SMILES string of the molecule is CCC.CCCCc1cccc(C)c1CCc1cc(C)ccc1OC. The summed E-state index contributed by atoms with van der Waals surface area (Å²) in [6.45, 7) is 10.9. The fraction of sp³-hybridized carbons (Fsp3) is 0.500. The largest absolute Gasteiger partial charge is 0.496 e. The third-order valence-electron chi connectivity index (χ3n) is 4.39. The van der Waals surface area contributed by atoms with Gasteiger partial charge in [0.25, 0.3) is 0 Å². The Morgan fingerprint density at radius 1 is 0.840 bits per heavy atom. The van der Waals surface area contributed by atoms with Gasteiger partial charge in [-0.1, -0.05) is 69.5 Å². The zero-order valence-electron chi connectivity index (χ0n) is 17.1. The van der Waals surface area contributed by atoms with E-state index in [1.807, 2.05) is 0 Å². The van der Waals surface area contributed by atoms with Crippen LogP contribution in [0.15, 0.2) is 36.4 Å². The van der Waals surface area contributed by atoms with Gasteiger partial charge >= 0.3 is 0 Å². The molecule has 0 aliphatic carbocycles. The quantitative estimate of drug-likeness (QED) is 0.535. The average molecular weight is 341 g/mol.